The Bertz CT molecular complexity index is 1080. The predicted octanol–water partition coefficient (Wildman–Crippen LogP) is 4.79. The van der Waals surface area contributed by atoms with E-state index in [2.05, 4.69) is 17.7 Å². The molecule has 0 spiro atoms. The zero-order valence-electron chi connectivity index (χ0n) is 20.5. The number of hydrazine groups is 1. The van der Waals surface area contributed by atoms with E-state index in [1.165, 1.54) is 22.8 Å². The first-order chi connectivity index (χ1) is 17.3. The van der Waals surface area contributed by atoms with Gasteiger partial charge in [-0.3, -0.25) is 24.7 Å². The van der Waals surface area contributed by atoms with E-state index in [9.17, 15) is 14.4 Å². The maximum atomic E-state index is 13.0. The zero-order valence-corrected chi connectivity index (χ0v) is 22.0. The van der Waals surface area contributed by atoms with Gasteiger partial charge in [0.25, 0.3) is 11.8 Å². The maximum absolute atomic E-state index is 13.0. The van der Waals surface area contributed by atoms with Crippen molar-refractivity contribution in [1.82, 2.24) is 15.3 Å². The molecule has 36 heavy (non-hydrogen) atoms. The number of anilines is 1. The lowest BCUT2D eigenvalue weighted by Gasteiger charge is -2.24. The third-order valence-corrected chi connectivity index (χ3v) is 6.40. The Balaban J connectivity index is 1.60. The van der Waals surface area contributed by atoms with Crippen molar-refractivity contribution in [2.75, 3.05) is 18.5 Å². The van der Waals surface area contributed by atoms with Gasteiger partial charge in [0, 0.05) is 22.8 Å². The molecule has 0 aromatic heterocycles. The van der Waals surface area contributed by atoms with E-state index < -0.39 is 11.9 Å². The summed E-state index contributed by atoms with van der Waals surface area (Å²) in [7, 11) is 0. The Morgan fingerprint density at radius 3 is 2.36 bits per heavy atom. The second-order valence-electron chi connectivity index (χ2n) is 8.38. The minimum Gasteiger partial charge on any atom is -0.494 e. The molecule has 2 aromatic rings. The number of amides is 3. The molecule has 10 heteroatoms. The Morgan fingerprint density at radius 2 is 1.72 bits per heavy atom. The van der Waals surface area contributed by atoms with Crippen molar-refractivity contribution in [3.8, 4) is 5.75 Å². The van der Waals surface area contributed by atoms with Crippen molar-refractivity contribution >= 4 is 52.3 Å². The average molecular weight is 531 g/mol. The van der Waals surface area contributed by atoms with Gasteiger partial charge in [-0.1, -0.05) is 37.8 Å². The molecule has 3 rings (SSSR count). The summed E-state index contributed by atoms with van der Waals surface area (Å²) < 4.78 is 5.73. The highest BCUT2D eigenvalue weighted by molar-refractivity contribution is 7.80. The molecule has 1 atom stereocenters. The molecule has 3 amide bonds. The lowest BCUT2D eigenvalue weighted by atomic mass is 10.1. The molecular formula is C26H31ClN4O4S. The number of ether oxygens (including phenoxy) is 1. The van der Waals surface area contributed by atoms with Gasteiger partial charge in [0.05, 0.1) is 13.0 Å². The van der Waals surface area contributed by atoms with E-state index in [1.54, 1.807) is 55.5 Å². The van der Waals surface area contributed by atoms with Crippen molar-refractivity contribution in [3.05, 3.63) is 59.1 Å². The molecular weight excluding hydrogens is 500 g/mol. The third kappa shape index (κ3) is 7.18. The van der Waals surface area contributed by atoms with Crippen molar-refractivity contribution in [2.24, 2.45) is 0 Å². The fourth-order valence-electron chi connectivity index (χ4n) is 3.76. The summed E-state index contributed by atoms with van der Waals surface area (Å²) in [6.07, 6.45) is 4.33. The van der Waals surface area contributed by atoms with Crippen molar-refractivity contribution in [2.45, 2.75) is 52.0 Å². The van der Waals surface area contributed by atoms with Gasteiger partial charge >= 0.3 is 0 Å². The summed E-state index contributed by atoms with van der Waals surface area (Å²) in [6, 6.07) is 12.4. The van der Waals surface area contributed by atoms with E-state index in [0.717, 1.165) is 18.6 Å². The molecule has 1 fully saturated rings. The predicted molar refractivity (Wildman–Crippen MR) is 144 cm³/mol. The quantitative estimate of drug-likeness (QED) is 0.303. The van der Waals surface area contributed by atoms with Crippen molar-refractivity contribution in [1.29, 1.82) is 0 Å². The number of benzene rings is 2. The van der Waals surface area contributed by atoms with Gasteiger partial charge in [-0.2, -0.15) is 0 Å². The number of hydrogen-bond donors (Lipinski definition) is 2. The topological polar surface area (TPSA) is 91.0 Å². The average Bonchev–Trinajstić information content (AvgIpc) is 3.08. The monoisotopic (exact) mass is 530 g/mol. The SMILES string of the molecule is CCCCCCOc1ccc(NC(=O)CC2C(=O)N(CC)C(=S)N2NC(=O)c2ccc(Cl)cc2)cc1. The number of thiocarbonyl (C=S) groups is 1. The van der Waals surface area contributed by atoms with Crippen LogP contribution in [-0.4, -0.2) is 51.9 Å². The molecule has 192 valence electrons. The Labute approximate surface area is 221 Å². The normalized spacial score (nSPS) is 15.2. The molecule has 1 unspecified atom stereocenters. The number of unbranched alkanes of at least 4 members (excludes halogenated alkanes) is 3. The van der Waals surface area contributed by atoms with Crippen molar-refractivity contribution in [3.63, 3.8) is 0 Å². The number of carbonyl (C=O) groups excluding carboxylic acids is 3. The molecule has 1 aliphatic heterocycles. The Hall–Kier alpha value is -3.17. The van der Waals surface area contributed by atoms with Crippen LogP contribution in [0.2, 0.25) is 5.02 Å². The second kappa shape index (κ2) is 13.2. The van der Waals surface area contributed by atoms with E-state index in [1.807, 2.05) is 0 Å². The highest BCUT2D eigenvalue weighted by Gasteiger charge is 2.43. The fraction of sp³-hybridized carbons (Fsp3) is 0.385. The van der Waals surface area contributed by atoms with E-state index in [-0.39, 0.29) is 23.3 Å². The van der Waals surface area contributed by atoms with Gasteiger partial charge < -0.3 is 10.1 Å². The lowest BCUT2D eigenvalue weighted by Crippen LogP contribution is -2.49. The number of rotatable bonds is 12. The fourth-order valence-corrected chi connectivity index (χ4v) is 4.28. The molecule has 0 saturated carbocycles. The summed E-state index contributed by atoms with van der Waals surface area (Å²) in [4.78, 5) is 39.9. The van der Waals surface area contributed by atoms with Crippen LogP contribution >= 0.6 is 23.8 Å². The molecule has 1 saturated heterocycles. The van der Waals surface area contributed by atoms with Crippen LogP contribution in [0.3, 0.4) is 0 Å². The van der Waals surface area contributed by atoms with Crippen LogP contribution in [0.15, 0.2) is 48.5 Å². The summed E-state index contributed by atoms with van der Waals surface area (Å²) in [5, 5.41) is 4.72. The highest BCUT2D eigenvalue weighted by Crippen LogP contribution is 2.21. The molecule has 0 bridgehead atoms. The summed E-state index contributed by atoms with van der Waals surface area (Å²) in [5.41, 5.74) is 3.60. The van der Waals surface area contributed by atoms with Gasteiger partial charge in [-0.05, 0) is 74.1 Å². The van der Waals surface area contributed by atoms with Crippen LogP contribution < -0.4 is 15.5 Å². The zero-order chi connectivity index (χ0) is 26.1. The molecule has 0 radical (unpaired) electrons. The maximum Gasteiger partial charge on any atom is 0.269 e. The first-order valence-corrected chi connectivity index (χ1v) is 12.9. The number of nitrogens with zero attached hydrogens (tertiary/aromatic N) is 2. The van der Waals surface area contributed by atoms with Gasteiger partial charge in [-0.15, -0.1) is 0 Å². The molecule has 1 aliphatic rings. The Kier molecular flexibility index (Phi) is 10.1. The number of likely N-dealkylation sites (N-methyl/N-ethyl adjacent to an activating group) is 1. The smallest absolute Gasteiger partial charge is 0.269 e. The highest BCUT2D eigenvalue weighted by atomic mass is 35.5. The first-order valence-electron chi connectivity index (χ1n) is 12.1. The van der Waals surface area contributed by atoms with Crippen LogP contribution in [0.5, 0.6) is 5.75 Å². The van der Waals surface area contributed by atoms with E-state index in [4.69, 9.17) is 28.6 Å². The second-order valence-corrected chi connectivity index (χ2v) is 9.19. The molecule has 2 aromatic carbocycles. The van der Waals surface area contributed by atoms with Crippen LogP contribution in [0.25, 0.3) is 0 Å². The largest absolute Gasteiger partial charge is 0.494 e. The minimum absolute atomic E-state index is 0.142. The van der Waals surface area contributed by atoms with Crippen LogP contribution in [0, 0.1) is 0 Å². The van der Waals surface area contributed by atoms with Crippen molar-refractivity contribution < 1.29 is 19.1 Å². The van der Waals surface area contributed by atoms with Gasteiger partial charge in [0.15, 0.2) is 5.11 Å². The minimum atomic E-state index is -0.959. The van der Waals surface area contributed by atoms with Gasteiger partial charge in [0.1, 0.15) is 11.8 Å². The van der Waals surface area contributed by atoms with Crippen LogP contribution in [-0.2, 0) is 9.59 Å². The molecule has 8 nitrogen and oxygen atoms in total. The van der Waals surface area contributed by atoms with E-state index >= 15 is 0 Å². The summed E-state index contributed by atoms with van der Waals surface area (Å²) in [6.45, 7) is 4.92. The number of halogens is 1. The number of nitrogens with one attached hydrogen (secondary N) is 2. The van der Waals surface area contributed by atoms with E-state index in [0.29, 0.717) is 29.4 Å². The lowest BCUT2D eigenvalue weighted by molar-refractivity contribution is -0.130. The molecule has 2 N–H and O–H groups in total. The standard InChI is InChI=1S/C26H31ClN4O4S/c1-3-5-6-7-16-35-21-14-12-20(13-15-21)28-23(32)17-22-25(34)30(4-2)26(36)31(22)29-24(33)18-8-10-19(27)11-9-18/h8-15,22H,3-7,16-17H2,1-2H3,(H,28,32)(H,29,33). The molecule has 0 aliphatic carbocycles. The number of carbonyl (C=O) groups is 3. The number of hydrogen-bond acceptors (Lipinski definition) is 5. The summed E-state index contributed by atoms with van der Waals surface area (Å²) >= 11 is 11.3. The first kappa shape index (κ1) is 27.4. The van der Waals surface area contributed by atoms with Gasteiger partial charge in [-0.25, -0.2) is 5.01 Å². The third-order valence-electron chi connectivity index (χ3n) is 5.73. The van der Waals surface area contributed by atoms with Gasteiger partial charge in [0.2, 0.25) is 5.91 Å². The summed E-state index contributed by atoms with van der Waals surface area (Å²) in [5.74, 6) is -0.458. The van der Waals surface area contributed by atoms with Crippen LogP contribution in [0.1, 0.15) is 56.3 Å². The molecule has 1 heterocycles. The van der Waals surface area contributed by atoms with Crippen LogP contribution in [0.4, 0.5) is 5.69 Å². The Morgan fingerprint density at radius 1 is 1.03 bits per heavy atom.